The van der Waals surface area contributed by atoms with Crippen LogP contribution in [0.1, 0.15) is 44.7 Å². The van der Waals surface area contributed by atoms with Crippen molar-refractivity contribution in [3.8, 4) is 0 Å². The highest BCUT2D eigenvalue weighted by Crippen LogP contribution is 2.31. The molecule has 0 amide bonds. The van der Waals surface area contributed by atoms with Crippen molar-refractivity contribution in [2.24, 2.45) is 11.8 Å². The number of aryl methyl sites for hydroxylation is 1. The van der Waals surface area contributed by atoms with Gasteiger partial charge in [-0.05, 0) is 36.8 Å². The van der Waals surface area contributed by atoms with Gasteiger partial charge < -0.3 is 5.32 Å². The van der Waals surface area contributed by atoms with Crippen LogP contribution in [0.4, 0.5) is 11.5 Å². The largest absolute Gasteiger partial charge is 0.364 e. The fourth-order valence-electron chi connectivity index (χ4n) is 2.89. The molecule has 0 aromatic carbocycles. The molecule has 0 bridgehead atoms. The van der Waals surface area contributed by atoms with Crippen molar-refractivity contribution >= 4 is 23.1 Å². The van der Waals surface area contributed by atoms with E-state index >= 15 is 0 Å². The van der Waals surface area contributed by atoms with E-state index in [2.05, 4.69) is 22.2 Å². The number of nitrogens with zero attached hydrogens (tertiary/aromatic N) is 3. The van der Waals surface area contributed by atoms with Crippen molar-refractivity contribution in [1.82, 2.24) is 9.97 Å². The van der Waals surface area contributed by atoms with Gasteiger partial charge in [0.2, 0.25) is 11.1 Å². The number of aromatic nitrogens is 2. The SMILES string of the molecule is Cc1nc(Cl)nc(NCCC2CCC(C)CC2)c1[N+](=O)[O-]. The lowest BCUT2D eigenvalue weighted by Crippen LogP contribution is -2.16. The normalized spacial score (nSPS) is 22.0. The molecule has 1 fully saturated rings. The lowest BCUT2D eigenvalue weighted by molar-refractivity contribution is -0.385. The highest BCUT2D eigenvalue weighted by atomic mass is 35.5. The first-order chi connectivity index (χ1) is 9.97. The molecule has 7 heteroatoms. The van der Waals surface area contributed by atoms with Crippen molar-refractivity contribution in [3.05, 3.63) is 21.1 Å². The molecule has 2 rings (SSSR count). The number of nitro groups is 1. The van der Waals surface area contributed by atoms with Crippen LogP contribution in [0.5, 0.6) is 0 Å². The van der Waals surface area contributed by atoms with E-state index in [4.69, 9.17) is 11.6 Å². The summed E-state index contributed by atoms with van der Waals surface area (Å²) in [6.07, 6.45) is 6.06. The summed E-state index contributed by atoms with van der Waals surface area (Å²) < 4.78 is 0. The highest BCUT2D eigenvalue weighted by Gasteiger charge is 2.22. The third kappa shape index (κ3) is 4.27. The van der Waals surface area contributed by atoms with Gasteiger partial charge in [0.15, 0.2) is 0 Å². The van der Waals surface area contributed by atoms with Gasteiger partial charge in [0.25, 0.3) is 0 Å². The second-order valence-electron chi connectivity index (χ2n) is 5.87. The van der Waals surface area contributed by atoms with Crippen LogP contribution in [0.3, 0.4) is 0 Å². The third-order valence-electron chi connectivity index (χ3n) is 4.19. The molecule has 1 heterocycles. The summed E-state index contributed by atoms with van der Waals surface area (Å²) in [5.74, 6) is 1.76. The number of anilines is 1. The molecule has 6 nitrogen and oxygen atoms in total. The Morgan fingerprint density at radius 3 is 2.62 bits per heavy atom. The zero-order valence-electron chi connectivity index (χ0n) is 12.4. The number of hydrogen-bond acceptors (Lipinski definition) is 5. The number of nitrogens with one attached hydrogen (secondary N) is 1. The maximum atomic E-state index is 11.1. The second kappa shape index (κ2) is 7.02. The van der Waals surface area contributed by atoms with E-state index in [0.717, 1.165) is 12.3 Å². The molecule has 0 saturated heterocycles. The molecular weight excluding hydrogens is 292 g/mol. The Hall–Kier alpha value is -1.43. The average Bonchev–Trinajstić information content (AvgIpc) is 2.39. The molecule has 1 aliphatic carbocycles. The first kappa shape index (κ1) is 15.9. The van der Waals surface area contributed by atoms with Crippen LogP contribution in [0.2, 0.25) is 5.28 Å². The molecule has 0 spiro atoms. The number of hydrogen-bond donors (Lipinski definition) is 1. The molecule has 1 aromatic heterocycles. The summed E-state index contributed by atoms with van der Waals surface area (Å²) in [4.78, 5) is 18.4. The molecule has 1 aliphatic rings. The summed E-state index contributed by atoms with van der Waals surface area (Å²) >= 11 is 5.79. The van der Waals surface area contributed by atoms with Gasteiger partial charge in [0.05, 0.1) is 4.92 Å². The van der Waals surface area contributed by atoms with Gasteiger partial charge in [-0.15, -0.1) is 0 Å². The smallest absolute Gasteiger partial charge is 0.332 e. The van der Waals surface area contributed by atoms with E-state index in [1.165, 1.54) is 25.7 Å². The molecule has 0 atom stereocenters. The lowest BCUT2D eigenvalue weighted by atomic mass is 9.81. The van der Waals surface area contributed by atoms with Crippen LogP contribution in [0, 0.1) is 28.9 Å². The predicted octanol–water partition coefficient (Wildman–Crippen LogP) is 3.97. The molecule has 1 N–H and O–H groups in total. The van der Waals surface area contributed by atoms with E-state index in [9.17, 15) is 10.1 Å². The van der Waals surface area contributed by atoms with Gasteiger partial charge >= 0.3 is 5.69 Å². The van der Waals surface area contributed by atoms with E-state index in [-0.39, 0.29) is 22.5 Å². The van der Waals surface area contributed by atoms with Gasteiger partial charge in [-0.25, -0.2) is 4.98 Å². The van der Waals surface area contributed by atoms with Crippen LogP contribution in [0.25, 0.3) is 0 Å². The molecule has 116 valence electrons. The minimum absolute atomic E-state index is 0.0343. The highest BCUT2D eigenvalue weighted by molar-refractivity contribution is 6.28. The van der Waals surface area contributed by atoms with Gasteiger partial charge in [-0.1, -0.05) is 32.6 Å². The Kier molecular flexibility index (Phi) is 5.33. The Labute approximate surface area is 129 Å². The summed E-state index contributed by atoms with van der Waals surface area (Å²) in [5, 5.41) is 14.2. The van der Waals surface area contributed by atoms with Crippen molar-refractivity contribution in [1.29, 1.82) is 0 Å². The zero-order chi connectivity index (χ0) is 15.4. The monoisotopic (exact) mass is 312 g/mol. The first-order valence-electron chi connectivity index (χ1n) is 7.39. The summed E-state index contributed by atoms with van der Waals surface area (Å²) in [6.45, 7) is 4.54. The third-order valence-corrected chi connectivity index (χ3v) is 4.36. The van der Waals surface area contributed by atoms with Crippen molar-refractivity contribution in [3.63, 3.8) is 0 Å². The molecule has 1 saturated carbocycles. The molecule has 1 aromatic rings. The van der Waals surface area contributed by atoms with E-state index in [1.54, 1.807) is 6.92 Å². The van der Waals surface area contributed by atoms with Crippen molar-refractivity contribution < 1.29 is 4.92 Å². The minimum atomic E-state index is -0.462. The van der Waals surface area contributed by atoms with Gasteiger partial charge in [-0.2, -0.15) is 4.98 Å². The number of rotatable bonds is 5. The van der Waals surface area contributed by atoms with Crippen molar-refractivity contribution in [2.45, 2.75) is 46.0 Å². The fraction of sp³-hybridized carbons (Fsp3) is 0.714. The van der Waals surface area contributed by atoms with Crippen molar-refractivity contribution in [2.75, 3.05) is 11.9 Å². The standard InChI is InChI=1S/C14H21ClN4O2/c1-9-3-5-11(6-4-9)7-8-16-13-12(19(20)21)10(2)17-14(15)18-13/h9,11H,3-8H2,1-2H3,(H,16,17,18). The van der Waals surface area contributed by atoms with Crippen LogP contribution >= 0.6 is 11.6 Å². The molecule has 21 heavy (non-hydrogen) atoms. The quantitative estimate of drug-likeness (QED) is 0.505. The second-order valence-corrected chi connectivity index (χ2v) is 6.21. The Balaban J connectivity index is 1.95. The molecule has 0 unspecified atom stereocenters. The Morgan fingerprint density at radius 1 is 1.33 bits per heavy atom. The lowest BCUT2D eigenvalue weighted by Gasteiger charge is -2.26. The maximum absolute atomic E-state index is 11.1. The Bertz CT molecular complexity index is 516. The molecule has 0 radical (unpaired) electrons. The fourth-order valence-corrected chi connectivity index (χ4v) is 3.10. The van der Waals surface area contributed by atoms with E-state index in [0.29, 0.717) is 12.5 Å². The predicted molar refractivity (Wildman–Crippen MR) is 82.7 cm³/mol. The first-order valence-corrected chi connectivity index (χ1v) is 7.77. The minimum Gasteiger partial charge on any atom is -0.364 e. The van der Waals surface area contributed by atoms with Crippen LogP contribution in [-0.2, 0) is 0 Å². The topological polar surface area (TPSA) is 81.0 Å². The summed E-state index contributed by atoms with van der Waals surface area (Å²) in [7, 11) is 0. The number of halogens is 1. The average molecular weight is 313 g/mol. The zero-order valence-corrected chi connectivity index (χ0v) is 13.2. The van der Waals surface area contributed by atoms with Gasteiger partial charge in [0, 0.05) is 6.54 Å². The van der Waals surface area contributed by atoms with Crippen LogP contribution in [0.15, 0.2) is 0 Å². The maximum Gasteiger partial charge on any atom is 0.332 e. The van der Waals surface area contributed by atoms with Crippen LogP contribution < -0.4 is 5.32 Å². The Morgan fingerprint density at radius 2 is 2.00 bits per heavy atom. The van der Waals surface area contributed by atoms with E-state index in [1.807, 2.05) is 0 Å². The summed E-state index contributed by atoms with van der Waals surface area (Å²) in [5.41, 5.74) is 0.200. The van der Waals surface area contributed by atoms with Crippen LogP contribution in [-0.4, -0.2) is 21.4 Å². The van der Waals surface area contributed by atoms with Gasteiger partial charge in [0.1, 0.15) is 5.69 Å². The summed E-state index contributed by atoms with van der Waals surface area (Å²) in [6, 6.07) is 0. The van der Waals surface area contributed by atoms with Gasteiger partial charge in [-0.3, -0.25) is 10.1 Å². The molecule has 0 aliphatic heterocycles. The molecular formula is C14H21ClN4O2. The van der Waals surface area contributed by atoms with E-state index < -0.39 is 4.92 Å².